The Balaban J connectivity index is 0.000000845. The van der Waals surface area contributed by atoms with Crippen LogP contribution in [0.25, 0.3) is 10.9 Å². The van der Waals surface area contributed by atoms with Crippen molar-refractivity contribution in [2.75, 3.05) is 0 Å². The summed E-state index contributed by atoms with van der Waals surface area (Å²) in [5.74, 6) is 0. The minimum atomic E-state index is 0. The van der Waals surface area contributed by atoms with Crippen LogP contribution in [-0.4, -0.2) is 9.55 Å². The minimum Gasteiger partial charge on any atom is -0.409 e. The molecule has 0 saturated heterocycles. The standard InChI is InChI=1S/C10H11N2.Y/c1-8(2)12-6-4-9-7-11-5-3-10(9)12;/h3,5-8H,1-2H3;/q-1;. The number of hydrogen-bond donors (Lipinski definition) is 0. The molecule has 0 saturated carbocycles. The predicted molar refractivity (Wildman–Crippen MR) is 49.0 cm³/mol. The van der Waals surface area contributed by atoms with E-state index >= 15 is 0 Å². The van der Waals surface area contributed by atoms with E-state index in [2.05, 4.69) is 29.5 Å². The third kappa shape index (κ3) is 2.00. The van der Waals surface area contributed by atoms with E-state index < -0.39 is 0 Å². The second-order valence-corrected chi connectivity index (χ2v) is 3.17. The molecule has 0 amide bonds. The van der Waals surface area contributed by atoms with Gasteiger partial charge in [0.15, 0.2) is 0 Å². The molecule has 0 aliphatic rings. The average molecular weight is 248 g/mol. The molecule has 0 unspecified atom stereocenters. The molecule has 0 aliphatic heterocycles. The summed E-state index contributed by atoms with van der Waals surface area (Å²) in [6.07, 6.45) is 5.64. The third-order valence-electron chi connectivity index (χ3n) is 1.99. The van der Waals surface area contributed by atoms with Crippen molar-refractivity contribution in [1.29, 1.82) is 0 Å². The maximum atomic E-state index is 4.04. The molecule has 0 N–H and O–H groups in total. The van der Waals surface area contributed by atoms with Gasteiger partial charge in [0.25, 0.3) is 0 Å². The van der Waals surface area contributed by atoms with Crippen molar-refractivity contribution >= 4 is 10.9 Å². The maximum absolute atomic E-state index is 4.04. The Morgan fingerprint density at radius 1 is 1.46 bits per heavy atom. The van der Waals surface area contributed by atoms with Crippen molar-refractivity contribution in [3.63, 3.8) is 0 Å². The second-order valence-electron chi connectivity index (χ2n) is 3.17. The molecular formula is C10H11N2Y-. The first-order valence-corrected chi connectivity index (χ1v) is 4.11. The smallest absolute Gasteiger partial charge is 0.0150 e. The van der Waals surface area contributed by atoms with Crippen molar-refractivity contribution in [3.8, 4) is 0 Å². The van der Waals surface area contributed by atoms with Crippen LogP contribution in [0, 0.1) is 6.07 Å². The second kappa shape index (κ2) is 4.34. The summed E-state index contributed by atoms with van der Waals surface area (Å²) >= 11 is 0. The minimum absolute atomic E-state index is 0. The van der Waals surface area contributed by atoms with Gasteiger partial charge in [0.1, 0.15) is 0 Å². The van der Waals surface area contributed by atoms with Crippen LogP contribution in [0.4, 0.5) is 0 Å². The first kappa shape index (κ1) is 10.9. The Morgan fingerprint density at radius 3 is 2.92 bits per heavy atom. The van der Waals surface area contributed by atoms with E-state index in [1.54, 1.807) is 0 Å². The van der Waals surface area contributed by atoms with E-state index in [1.807, 2.05) is 24.7 Å². The molecule has 65 valence electrons. The zero-order valence-electron chi connectivity index (χ0n) is 7.86. The van der Waals surface area contributed by atoms with E-state index in [0.29, 0.717) is 6.04 Å². The fraction of sp³-hybridized carbons (Fsp3) is 0.300. The van der Waals surface area contributed by atoms with Crippen molar-refractivity contribution < 1.29 is 32.7 Å². The summed E-state index contributed by atoms with van der Waals surface area (Å²) < 4.78 is 2.19. The van der Waals surface area contributed by atoms with Crippen LogP contribution in [0.2, 0.25) is 0 Å². The Bertz CT molecular complexity index is 392. The van der Waals surface area contributed by atoms with Crippen LogP contribution in [0.5, 0.6) is 0 Å². The zero-order chi connectivity index (χ0) is 8.55. The average Bonchev–Trinajstić information content (AvgIpc) is 2.47. The Morgan fingerprint density at radius 2 is 2.23 bits per heavy atom. The van der Waals surface area contributed by atoms with Gasteiger partial charge >= 0.3 is 0 Å². The molecular weight excluding hydrogens is 237 g/mol. The Hall–Kier alpha value is -0.206. The van der Waals surface area contributed by atoms with E-state index in [0.717, 1.165) is 5.39 Å². The van der Waals surface area contributed by atoms with Gasteiger partial charge in [-0.3, -0.25) is 0 Å². The molecule has 2 heterocycles. The monoisotopic (exact) mass is 248 g/mol. The van der Waals surface area contributed by atoms with Crippen LogP contribution in [0.3, 0.4) is 0 Å². The van der Waals surface area contributed by atoms with Gasteiger partial charge in [0, 0.05) is 44.9 Å². The first-order chi connectivity index (χ1) is 5.79. The molecule has 2 rings (SSSR count). The molecule has 2 nitrogen and oxygen atoms in total. The molecule has 0 spiro atoms. The van der Waals surface area contributed by atoms with Crippen molar-refractivity contribution in [3.05, 3.63) is 30.7 Å². The van der Waals surface area contributed by atoms with Gasteiger partial charge in [-0.25, -0.2) is 0 Å². The van der Waals surface area contributed by atoms with Crippen LogP contribution in [-0.2, 0) is 32.7 Å². The summed E-state index contributed by atoms with van der Waals surface area (Å²) in [4.78, 5) is 4.04. The Kier molecular flexibility index (Phi) is 3.63. The van der Waals surface area contributed by atoms with Crippen LogP contribution in [0.15, 0.2) is 24.7 Å². The van der Waals surface area contributed by atoms with Crippen molar-refractivity contribution in [2.24, 2.45) is 0 Å². The number of rotatable bonds is 1. The maximum Gasteiger partial charge on any atom is 0.0150 e. The van der Waals surface area contributed by atoms with Crippen LogP contribution in [0.1, 0.15) is 19.9 Å². The fourth-order valence-electron chi connectivity index (χ4n) is 1.36. The molecule has 13 heavy (non-hydrogen) atoms. The molecule has 0 bridgehead atoms. The van der Waals surface area contributed by atoms with E-state index in [-0.39, 0.29) is 32.7 Å². The molecule has 2 aromatic heterocycles. The van der Waals surface area contributed by atoms with Crippen LogP contribution < -0.4 is 0 Å². The van der Waals surface area contributed by atoms with Gasteiger partial charge in [-0.1, -0.05) is 24.0 Å². The summed E-state index contributed by atoms with van der Waals surface area (Å²) in [6.45, 7) is 4.32. The first-order valence-electron chi connectivity index (χ1n) is 4.11. The van der Waals surface area contributed by atoms with Gasteiger partial charge in [0.05, 0.1) is 0 Å². The van der Waals surface area contributed by atoms with E-state index in [4.69, 9.17) is 0 Å². The van der Waals surface area contributed by atoms with E-state index in [1.165, 1.54) is 5.52 Å². The third-order valence-corrected chi connectivity index (χ3v) is 1.99. The molecule has 0 fully saturated rings. The normalized spacial score (nSPS) is 10.4. The van der Waals surface area contributed by atoms with Gasteiger partial charge in [-0.05, 0) is 13.8 Å². The predicted octanol–water partition coefficient (Wildman–Crippen LogP) is 2.41. The summed E-state index contributed by atoms with van der Waals surface area (Å²) in [5.41, 5.74) is 1.21. The largest absolute Gasteiger partial charge is 0.409 e. The van der Waals surface area contributed by atoms with Gasteiger partial charge in [-0.15, -0.1) is 0 Å². The topological polar surface area (TPSA) is 17.8 Å². The molecule has 1 radical (unpaired) electrons. The number of fused-ring (bicyclic) bond motifs is 1. The molecule has 3 heteroatoms. The number of pyridine rings is 1. The van der Waals surface area contributed by atoms with Crippen molar-refractivity contribution in [1.82, 2.24) is 9.55 Å². The number of hydrogen-bond acceptors (Lipinski definition) is 1. The fourth-order valence-corrected chi connectivity index (χ4v) is 1.36. The summed E-state index contributed by atoms with van der Waals surface area (Å²) in [6, 6.07) is 5.68. The Labute approximate surface area is 103 Å². The van der Waals surface area contributed by atoms with Gasteiger partial charge in [0.2, 0.25) is 0 Å². The van der Waals surface area contributed by atoms with Gasteiger partial charge in [-0.2, -0.15) is 11.5 Å². The van der Waals surface area contributed by atoms with Gasteiger partial charge < -0.3 is 9.55 Å². The molecule has 2 aromatic rings. The zero-order valence-corrected chi connectivity index (χ0v) is 10.7. The number of aromatic nitrogens is 2. The molecule has 0 atom stereocenters. The van der Waals surface area contributed by atoms with Crippen molar-refractivity contribution in [2.45, 2.75) is 19.9 Å². The summed E-state index contributed by atoms with van der Waals surface area (Å²) in [5, 5.41) is 1.09. The SMILES string of the molecule is CC(C)n1c[c-]c2cnccc21.[Y]. The molecule has 0 aliphatic carbocycles. The van der Waals surface area contributed by atoms with Crippen LogP contribution >= 0.6 is 0 Å². The quantitative estimate of drug-likeness (QED) is 0.708. The number of nitrogens with zero attached hydrogens (tertiary/aromatic N) is 2. The molecule has 0 aromatic carbocycles. The summed E-state index contributed by atoms with van der Waals surface area (Å²) in [7, 11) is 0. The van der Waals surface area contributed by atoms with E-state index in [9.17, 15) is 0 Å².